The van der Waals surface area contributed by atoms with Gasteiger partial charge in [-0.05, 0) is 65.2 Å². The average Bonchev–Trinajstić information content (AvgIpc) is 3.18. The summed E-state index contributed by atoms with van der Waals surface area (Å²) in [5.41, 5.74) is 4.87. The summed E-state index contributed by atoms with van der Waals surface area (Å²) in [5, 5.41) is 13.7. The van der Waals surface area contributed by atoms with Gasteiger partial charge in [0.2, 0.25) is 0 Å². The standard InChI is InChI=1S/C19H20BrN3O3/c1-26-18-10-14(16(20)11-17(18)24)12-21-22-19(25)13-4-6-15(7-5-13)23-8-2-3-9-23/h4-7,10-12,24H,2-3,8-9H2,1H3,(H,22,25)/b21-12-. The van der Waals surface area contributed by atoms with Crippen LogP contribution >= 0.6 is 15.9 Å². The highest BCUT2D eigenvalue weighted by molar-refractivity contribution is 9.10. The first-order valence-corrected chi connectivity index (χ1v) is 9.12. The molecule has 0 saturated carbocycles. The van der Waals surface area contributed by atoms with Gasteiger partial charge in [0.15, 0.2) is 11.5 Å². The van der Waals surface area contributed by atoms with Crippen LogP contribution in [0.1, 0.15) is 28.8 Å². The molecule has 0 radical (unpaired) electrons. The van der Waals surface area contributed by atoms with Crippen LogP contribution in [0, 0.1) is 0 Å². The summed E-state index contributed by atoms with van der Waals surface area (Å²) in [6.07, 6.45) is 3.92. The summed E-state index contributed by atoms with van der Waals surface area (Å²) in [6.45, 7) is 2.14. The van der Waals surface area contributed by atoms with E-state index in [0.29, 0.717) is 21.3 Å². The number of nitrogens with one attached hydrogen (secondary N) is 1. The highest BCUT2D eigenvalue weighted by atomic mass is 79.9. The number of hydrogen-bond donors (Lipinski definition) is 2. The lowest BCUT2D eigenvalue weighted by Crippen LogP contribution is -2.19. The number of aromatic hydroxyl groups is 1. The normalized spacial score (nSPS) is 14.0. The first kappa shape index (κ1) is 18.3. The number of nitrogens with zero attached hydrogens (tertiary/aromatic N) is 2. The minimum Gasteiger partial charge on any atom is -0.504 e. The number of carbonyl (C=O) groups is 1. The van der Waals surface area contributed by atoms with Gasteiger partial charge in [0.25, 0.3) is 5.91 Å². The van der Waals surface area contributed by atoms with Crippen molar-refractivity contribution in [2.75, 3.05) is 25.1 Å². The highest BCUT2D eigenvalue weighted by Gasteiger charge is 2.13. The van der Waals surface area contributed by atoms with E-state index in [-0.39, 0.29) is 11.7 Å². The summed E-state index contributed by atoms with van der Waals surface area (Å²) in [7, 11) is 1.47. The molecule has 0 unspecified atom stereocenters. The lowest BCUT2D eigenvalue weighted by Gasteiger charge is -2.17. The molecule has 1 aliphatic rings. The Morgan fingerprint density at radius 3 is 2.62 bits per heavy atom. The van der Waals surface area contributed by atoms with E-state index >= 15 is 0 Å². The fourth-order valence-electron chi connectivity index (χ4n) is 2.84. The number of amides is 1. The van der Waals surface area contributed by atoms with E-state index < -0.39 is 0 Å². The Morgan fingerprint density at radius 1 is 1.27 bits per heavy atom. The van der Waals surface area contributed by atoms with Gasteiger partial charge in [0, 0.05) is 34.4 Å². The predicted octanol–water partition coefficient (Wildman–Crippen LogP) is 3.53. The summed E-state index contributed by atoms with van der Waals surface area (Å²) in [5.74, 6) is 0.0771. The molecule has 0 spiro atoms. The second kappa shape index (κ2) is 8.23. The summed E-state index contributed by atoms with van der Waals surface area (Å²) in [6, 6.07) is 10.7. The number of benzene rings is 2. The fraction of sp³-hybridized carbons (Fsp3) is 0.263. The van der Waals surface area contributed by atoms with Crippen LogP contribution in [-0.4, -0.2) is 37.4 Å². The van der Waals surface area contributed by atoms with Crippen molar-refractivity contribution in [3.8, 4) is 11.5 Å². The third kappa shape index (κ3) is 4.16. The number of halogens is 1. The summed E-state index contributed by atoms with van der Waals surface area (Å²) >= 11 is 3.34. The van der Waals surface area contributed by atoms with E-state index in [1.54, 1.807) is 18.2 Å². The molecule has 2 N–H and O–H groups in total. The van der Waals surface area contributed by atoms with Crippen LogP contribution in [0.4, 0.5) is 5.69 Å². The van der Waals surface area contributed by atoms with Crippen molar-refractivity contribution in [2.45, 2.75) is 12.8 Å². The van der Waals surface area contributed by atoms with Crippen molar-refractivity contribution in [1.82, 2.24) is 5.43 Å². The van der Waals surface area contributed by atoms with Crippen LogP contribution in [0.5, 0.6) is 11.5 Å². The number of anilines is 1. The van der Waals surface area contributed by atoms with E-state index in [4.69, 9.17) is 4.74 Å². The molecule has 0 atom stereocenters. The molecule has 136 valence electrons. The van der Waals surface area contributed by atoms with Gasteiger partial charge in [0.05, 0.1) is 13.3 Å². The minimum atomic E-state index is -0.281. The lowest BCUT2D eigenvalue weighted by molar-refractivity contribution is 0.0955. The molecule has 0 aromatic heterocycles. The maximum atomic E-state index is 12.2. The Hall–Kier alpha value is -2.54. The molecule has 1 heterocycles. The topological polar surface area (TPSA) is 74.2 Å². The van der Waals surface area contributed by atoms with E-state index in [1.165, 1.54) is 32.2 Å². The van der Waals surface area contributed by atoms with Gasteiger partial charge in [-0.2, -0.15) is 5.10 Å². The molecule has 2 aromatic carbocycles. The molecule has 1 fully saturated rings. The van der Waals surface area contributed by atoms with Gasteiger partial charge in [0.1, 0.15) is 0 Å². The van der Waals surface area contributed by atoms with Crippen LogP contribution in [0.25, 0.3) is 0 Å². The van der Waals surface area contributed by atoms with Crippen molar-refractivity contribution in [1.29, 1.82) is 0 Å². The maximum Gasteiger partial charge on any atom is 0.271 e. The van der Waals surface area contributed by atoms with Crippen LogP contribution in [0.3, 0.4) is 0 Å². The van der Waals surface area contributed by atoms with Gasteiger partial charge in [-0.15, -0.1) is 0 Å². The Morgan fingerprint density at radius 2 is 1.96 bits per heavy atom. The van der Waals surface area contributed by atoms with Gasteiger partial charge in [-0.3, -0.25) is 4.79 Å². The second-order valence-electron chi connectivity index (χ2n) is 5.99. The van der Waals surface area contributed by atoms with Gasteiger partial charge >= 0.3 is 0 Å². The lowest BCUT2D eigenvalue weighted by atomic mass is 10.2. The zero-order valence-electron chi connectivity index (χ0n) is 14.4. The fourth-order valence-corrected chi connectivity index (χ4v) is 3.28. The average molecular weight is 418 g/mol. The molecule has 0 aliphatic carbocycles. The van der Waals surface area contributed by atoms with Gasteiger partial charge < -0.3 is 14.7 Å². The Balaban J connectivity index is 1.64. The molecule has 0 bridgehead atoms. The molecule has 1 aliphatic heterocycles. The molecule has 26 heavy (non-hydrogen) atoms. The Bertz CT molecular complexity index is 816. The number of hydrazone groups is 1. The van der Waals surface area contributed by atoms with E-state index in [9.17, 15) is 9.90 Å². The first-order valence-electron chi connectivity index (χ1n) is 8.33. The number of ether oxygens (including phenoxy) is 1. The zero-order valence-corrected chi connectivity index (χ0v) is 16.0. The SMILES string of the molecule is COc1cc(/C=N\NC(=O)c2ccc(N3CCCC3)cc2)c(Br)cc1O. The number of phenols is 1. The van der Waals surface area contributed by atoms with Gasteiger partial charge in [-0.25, -0.2) is 5.43 Å². The molecule has 1 amide bonds. The Kier molecular flexibility index (Phi) is 5.78. The molecule has 1 saturated heterocycles. The predicted molar refractivity (Wildman–Crippen MR) is 105 cm³/mol. The molecular weight excluding hydrogens is 398 g/mol. The molecule has 2 aromatic rings. The first-order chi connectivity index (χ1) is 12.6. The van der Waals surface area contributed by atoms with Crippen molar-refractivity contribution in [2.24, 2.45) is 5.10 Å². The van der Waals surface area contributed by atoms with Crippen molar-refractivity contribution < 1.29 is 14.6 Å². The number of methoxy groups -OCH3 is 1. The van der Waals surface area contributed by atoms with Crippen LogP contribution in [-0.2, 0) is 0 Å². The zero-order chi connectivity index (χ0) is 18.5. The van der Waals surface area contributed by atoms with Crippen LogP contribution in [0.2, 0.25) is 0 Å². The van der Waals surface area contributed by atoms with Crippen molar-refractivity contribution >= 4 is 33.7 Å². The largest absolute Gasteiger partial charge is 0.504 e. The minimum absolute atomic E-state index is 0.0265. The second-order valence-corrected chi connectivity index (χ2v) is 6.84. The third-order valence-corrected chi connectivity index (χ3v) is 4.96. The smallest absolute Gasteiger partial charge is 0.271 e. The number of hydrogen-bond acceptors (Lipinski definition) is 5. The van der Waals surface area contributed by atoms with Crippen LogP contribution in [0.15, 0.2) is 46.0 Å². The van der Waals surface area contributed by atoms with E-state index in [1.807, 2.05) is 12.1 Å². The molecule has 7 heteroatoms. The molecule has 3 rings (SSSR count). The van der Waals surface area contributed by atoms with Crippen LogP contribution < -0.4 is 15.1 Å². The van der Waals surface area contributed by atoms with Crippen molar-refractivity contribution in [3.63, 3.8) is 0 Å². The monoisotopic (exact) mass is 417 g/mol. The summed E-state index contributed by atoms with van der Waals surface area (Å²) in [4.78, 5) is 14.5. The van der Waals surface area contributed by atoms with Crippen molar-refractivity contribution in [3.05, 3.63) is 52.0 Å². The Labute approximate surface area is 160 Å². The highest BCUT2D eigenvalue weighted by Crippen LogP contribution is 2.31. The number of rotatable bonds is 5. The molecular formula is C19H20BrN3O3. The third-order valence-electron chi connectivity index (χ3n) is 4.27. The molecule has 6 nitrogen and oxygen atoms in total. The number of carbonyl (C=O) groups excluding carboxylic acids is 1. The quantitative estimate of drug-likeness (QED) is 0.576. The van der Waals surface area contributed by atoms with E-state index in [0.717, 1.165) is 18.8 Å². The van der Waals surface area contributed by atoms with Gasteiger partial charge in [-0.1, -0.05) is 0 Å². The maximum absolute atomic E-state index is 12.2. The number of phenolic OH excluding ortho intramolecular Hbond substituents is 1. The van der Waals surface area contributed by atoms with E-state index in [2.05, 4.69) is 31.4 Å². The summed E-state index contributed by atoms with van der Waals surface area (Å²) < 4.78 is 5.71.